The summed E-state index contributed by atoms with van der Waals surface area (Å²) in [6.07, 6.45) is 0.388. The molecule has 0 saturated heterocycles. The van der Waals surface area contributed by atoms with Gasteiger partial charge in [-0.2, -0.15) is 0 Å². The molecule has 1 aromatic heterocycles. The van der Waals surface area contributed by atoms with Gasteiger partial charge in [-0.1, -0.05) is 24.3 Å². The van der Waals surface area contributed by atoms with Crippen molar-refractivity contribution in [3.63, 3.8) is 0 Å². The van der Waals surface area contributed by atoms with Crippen molar-refractivity contribution in [3.05, 3.63) is 64.4 Å². The van der Waals surface area contributed by atoms with E-state index in [4.69, 9.17) is 4.74 Å². The molecule has 1 aliphatic rings. The molecule has 1 amide bonds. The first-order chi connectivity index (χ1) is 12.2. The highest BCUT2D eigenvalue weighted by Crippen LogP contribution is 2.46. The number of aromatic hydroxyl groups is 1. The van der Waals surface area contributed by atoms with E-state index < -0.39 is 0 Å². The molecule has 2 N–H and O–H groups in total. The van der Waals surface area contributed by atoms with Gasteiger partial charge < -0.3 is 15.2 Å². The molecule has 25 heavy (non-hydrogen) atoms. The maximum atomic E-state index is 12.3. The minimum Gasteiger partial charge on any atom is -0.508 e. The number of fused-ring (bicyclic) bond motifs is 1. The standard InChI is InChI=1S/C20H17NO3S/c1-24-15-7-5-12(6-8-15)17-11-25-20-16(10-18(23)21-19(17)20)13-3-2-4-14(22)9-13/h2-9,11,16,22H,10H2,1H3,(H,21,23). The van der Waals surface area contributed by atoms with Crippen LogP contribution in [0.25, 0.3) is 11.1 Å². The number of phenols is 1. The smallest absolute Gasteiger partial charge is 0.225 e. The lowest BCUT2D eigenvalue weighted by Crippen LogP contribution is -2.22. The summed E-state index contributed by atoms with van der Waals surface area (Å²) in [5.74, 6) is 0.980. The molecule has 2 heterocycles. The molecule has 1 aliphatic heterocycles. The van der Waals surface area contributed by atoms with Gasteiger partial charge >= 0.3 is 0 Å². The Bertz CT molecular complexity index is 930. The van der Waals surface area contributed by atoms with Gasteiger partial charge in [0.2, 0.25) is 5.91 Å². The molecule has 5 heteroatoms. The fourth-order valence-corrected chi connectivity index (χ4v) is 4.38. The Hall–Kier alpha value is -2.79. The van der Waals surface area contributed by atoms with Crippen molar-refractivity contribution >= 4 is 22.9 Å². The summed E-state index contributed by atoms with van der Waals surface area (Å²) in [7, 11) is 1.64. The summed E-state index contributed by atoms with van der Waals surface area (Å²) < 4.78 is 5.21. The van der Waals surface area contributed by atoms with E-state index in [1.165, 1.54) is 0 Å². The number of ether oxygens (including phenoxy) is 1. The van der Waals surface area contributed by atoms with Gasteiger partial charge in [0.15, 0.2) is 0 Å². The fraction of sp³-hybridized carbons (Fsp3) is 0.150. The van der Waals surface area contributed by atoms with E-state index in [0.29, 0.717) is 6.42 Å². The summed E-state index contributed by atoms with van der Waals surface area (Å²) in [6.45, 7) is 0. The van der Waals surface area contributed by atoms with Crippen LogP contribution in [0, 0.1) is 0 Å². The Kier molecular flexibility index (Phi) is 3.93. The number of thiophene rings is 1. The third-order valence-electron chi connectivity index (χ3n) is 4.46. The molecule has 1 unspecified atom stereocenters. The highest BCUT2D eigenvalue weighted by atomic mass is 32.1. The number of hydrogen-bond acceptors (Lipinski definition) is 4. The lowest BCUT2D eigenvalue weighted by molar-refractivity contribution is -0.116. The summed E-state index contributed by atoms with van der Waals surface area (Å²) in [5, 5.41) is 14.9. The zero-order chi connectivity index (χ0) is 17.4. The van der Waals surface area contributed by atoms with Gasteiger partial charge in [0.1, 0.15) is 11.5 Å². The molecule has 0 fully saturated rings. The predicted molar refractivity (Wildman–Crippen MR) is 99.5 cm³/mol. The maximum Gasteiger partial charge on any atom is 0.225 e. The van der Waals surface area contributed by atoms with Crippen LogP contribution in [0.3, 0.4) is 0 Å². The van der Waals surface area contributed by atoms with E-state index >= 15 is 0 Å². The van der Waals surface area contributed by atoms with Crippen molar-refractivity contribution in [3.8, 4) is 22.6 Å². The van der Waals surface area contributed by atoms with Gasteiger partial charge in [-0.05, 0) is 35.4 Å². The Morgan fingerprint density at radius 1 is 1.20 bits per heavy atom. The van der Waals surface area contributed by atoms with Gasteiger partial charge in [-0.3, -0.25) is 4.79 Å². The van der Waals surface area contributed by atoms with Crippen molar-refractivity contribution in [2.45, 2.75) is 12.3 Å². The van der Waals surface area contributed by atoms with Crippen molar-refractivity contribution < 1.29 is 14.6 Å². The summed E-state index contributed by atoms with van der Waals surface area (Å²) in [4.78, 5) is 13.4. The molecule has 0 spiro atoms. The first kappa shape index (κ1) is 15.7. The minimum absolute atomic E-state index is 0.00555. The Balaban J connectivity index is 1.78. The van der Waals surface area contributed by atoms with Crippen LogP contribution in [0.15, 0.2) is 53.9 Å². The van der Waals surface area contributed by atoms with Gasteiger partial charge in [-0.15, -0.1) is 11.3 Å². The fourth-order valence-electron chi connectivity index (χ4n) is 3.22. The van der Waals surface area contributed by atoms with Gasteiger partial charge in [0, 0.05) is 28.2 Å². The molecule has 3 aromatic rings. The Morgan fingerprint density at radius 3 is 2.72 bits per heavy atom. The van der Waals surface area contributed by atoms with E-state index in [0.717, 1.165) is 33.0 Å². The van der Waals surface area contributed by atoms with Crippen LogP contribution in [-0.2, 0) is 4.79 Å². The highest BCUT2D eigenvalue weighted by Gasteiger charge is 2.30. The van der Waals surface area contributed by atoms with E-state index in [9.17, 15) is 9.90 Å². The zero-order valence-electron chi connectivity index (χ0n) is 13.7. The van der Waals surface area contributed by atoms with Crippen LogP contribution in [-0.4, -0.2) is 18.1 Å². The van der Waals surface area contributed by atoms with E-state index in [1.54, 1.807) is 30.6 Å². The molecule has 0 aliphatic carbocycles. The van der Waals surface area contributed by atoms with E-state index in [1.807, 2.05) is 36.4 Å². The zero-order valence-corrected chi connectivity index (χ0v) is 14.5. The largest absolute Gasteiger partial charge is 0.508 e. The van der Waals surface area contributed by atoms with E-state index in [2.05, 4.69) is 10.7 Å². The second-order valence-corrected chi connectivity index (χ2v) is 6.93. The number of carbonyl (C=O) groups is 1. The van der Waals surface area contributed by atoms with Crippen LogP contribution >= 0.6 is 11.3 Å². The summed E-state index contributed by atoms with van der Waals surface area (Å²) in [6, 6.07) is 15.0. The second kappa shape index (κ2) is 6.26. The van der Waals surface area contributed by atoms with Crippen LogP contribution in [0.4, 0.5) is 5.69 Å². The maximum absolute atomic E-state index is 12.3. The number of phenolic OH excluding ortho intramolecular Hbond substituents is 1. The number of carbonyl (C=O) groups excluding carboxylic acids is 1. The molecule has 2 aromatic carbocycles. The third-order valence-corrected chi connectivity index (χ3v) is 5.56. The van der Waals surface area contributed by atoms with Crippen LogP contribution in [0.2, 0.25) is 0 Å². The number of amides is 1. The third kappa shape index (κ3) is 2.87. The number of rotatable bonds is 3. The quantitative estimate of drug-likeness (QED) is 0.725. The number of methoxy groups -OCH3 is 1. The monoisotopic (exact) mass is 351 g/mol. The Labute approximate surface area is 149 Å². The molecule has 126 valence electrons. The van der Waals surface area contributed by atoms with Crippen molar-refractivity contribution in [2.24, 2.45) is 0 Å². The number of hydrogen-bond donors (Lipinski definition) is 2. The first-order valence-electron chi connectivity index (χ1n) is 8.00. The van der Waals surface area contributed by atoms with Crippen LogP contribution in [0.1, 0.15) is 22.8 Å². The number of nitrogens with one attached hydrogen (secondary N) is 1. The van der Waals surface area contributed by atoms with E-state index in [-0.39, 0.29) is 17.6 Å². The summed E-state index contributed by atoms with van der Waals surface area (Å²) in [5.41, 5.74) is 3.88. The topological polar surface area (TPSA) is 58.6 Å². The molecular formula is C20H17NO3S. The molecule has 0 bridgehead atoms. The van der Waals surface area contributed by atoms with Crippen molar-refractivity contribution in [1.82, 2.24) is 0 Å². The molecular weight excluding hydrogens is 334 g/mol. The minimum atomic E-state index is -0.0344. The second-order valence-electron chi connectivity index (χ2n) is 6.02. The van der Waals surface area contributed by atoms with Crippen molar-refractivity contribution in [2.75, 3.05) is 12.4 Å². The van der Waals surface area contributed by atoms with Gasteiger partial charge in [0.25, 0.3) is 0 Å². The molecule has 0 saturated carbocycles. The number of anilines is 1. The molecule has 0 radical (unpaired) electrons. The normalized spacial score (nSPS) is 16.2. The van der Waals surface area contributed by atoms with Gasteiger partial charge in [-0.25, -0.2) is 0 Å². The highest BCUT2D eigenvalue weighted by molar-refractivity contribution is 7.11. The Morgan fingerprint density at radius 2 is 2.00 bits per heavy atom. The van der Waals surface area contributed by atoms with Gasteiger partial charge in [0.05, 0.1) is 12.8 Å². The SMILES string of the molecule is COc1ccc(-c2csc3c2NC(=O)CC3c2cccc(O)c2)cc1. The molecule has 4 nitrogen and oxygen atoms in total. The average Bonchev–Trinajstić information content (AvgIpc) is 3.04. The molecule has 1 atom stereocenters. The van der Waals surface area contributed by atoms with Crippen molar-refractivity contribution in [1.29, 1.82) is 0 Å². The summed E-state index contributed by atoms with van der Waals surface area (Å²) >= 11 is 1.64. The predicted octanol–water partition coefficient (Wildman–Crippen LogP) is 4.60. The number of benzene rings is 2. The lowest BCUT2D eigenvalue weighted by Gasteiger charge is -2.24. The van der Waals surface area contributed by atoms with Crippen LogP contribution < -0.4 is 10.1 Å². The average molecular weight is 351 g/mol. The molecule has 4 rings (SSSR count). The lowest BCUT2D eigenvalue weighted by atomic mass is 9.89. The van der Waals surface area contributed by atoms with Crippen LogP contribution in [0.5, 0.6) is 11.5 Å². The first-order valence-corrected chi connectivity index (χ1v) is 8.88.